The number of hydrogen-bond acceptors (Lipinski definition) is 8. The van der Waals surface area contributed by atoms with Crippen molar-refractivity contribution in [2.45, 2.75) is 0 Å². The van der Waals surface area contributed by atoms with Crippen molar-refractivity contribution in [3.63, 3.8) is 0 Å². The smallest absolute Gasteiger partial charge is 0.227 e. The van der Waals surface area contributed by atoms with E-state index in [0.29, 0.717) is 5.95 Å². The summed E-state index contributed by atoms with van der Waals surface area (Å²) in [4.78, 5) is 18.2. The van der Waals surface area contributed by atoms with Crippen LogP contribution in [0.15, 0.2) is 67.3 Å². The minimum absolute atomic E-state index is 0.537. The summed E-state index contributed by atoms with van der Waals surface area (Å²) < 4.78 is 5.19. The van der Waals surface area contributed by atoms with Crippen molar-refractivity contribution in [2.75, 3.05) is 56.7 Å². The van der Waals surface area contributed by atoms with E-state index in [-0.39, 0.29) is 0 Å². The van der Waals surface area contributed by atoms with Crippen LogP contribution in [-0.2, 0) is 4.74 Å². The molecule has 0 unspecified atom stereocenters. The van der Waals surface area contributed by atoms with Crippen molar-refractivity contribution < 1.29 is 4.74 Å². The fourth-order valence-corrected chi connectivity index (χ4v) is 4.11. The largest absolute Gasteiger partial charge is 0.383 e. The summed E-state index contributed by atoms with van der Waals surface area (Å²) in [6.07, 6.45) is 7.08. The lowest BCUT2D eigenvalue weighted by atomic mass is 10.1. The van der Waals surface area contributed by atoms with Gasteiger partial charge in [0.15, 0.2) is 0 Å². The summed E-state index contributed by atoms with van der Waals surface area (Å²) in [6, 6.07) is 14.2. The van der Waals surface area contributed by atoms with Crippen molar-refractivity contribution in [1.82, 2.24) is 30.0 Å². The number of nitrogens with one attached hydrogen (secondary N) is 2. The first-order valence-corrected chi connectivity index (χ1v) is 11.4. The Kier molecular flexibility index (Phi) is 6.73. The molecule has 1 fully saturated rings. The van der Waals surface area contributed by atoms with E-state index in [0.717, 1.165) is 67.5 Å². The van der Waals surface area contributed by atoms with Crippen molar-refractivity contribution >= 4 is 17.3 Å². The van der Waals surface area contributed by atoms with Crippen molar-refractivity contribution in [1.29, 1.82) is 0 Å². The Labute approximate surface area is 198 Å². The van der Waals surface area contributed by atoms with Gasteiger partial charge < -0.3 is 15.0 Å². The SMILES string of the molecule is COCCN1CCN(c2ccc(Nc3nccc(-c4cn[nH]c4-c4cccnc4)n3)cc2)CC1. The van der Waals surface area contributed by atoms with Crippen LogP contribution in [0.5, 0.6) is 0 Å². The van der Waals surface area contributed by atoms with Crippen LogP contribution >= 0.6 is 0 Å². The van der Waals surface area contributed by atoms with Gasteiger partial charge in [0, 0.05) is 80.9 Å². The van der Waals surface area contributed by atoms with Crippen LogP contribution in [0.25, 0.3) is 22.5 Å². The van der Waals surface area contributed by atoms with E-state index in [9.17, 15) is 0 Å². The van der Waals surface area contributed by atoms with Gasteiger partial charge in [-0.2, -0.15) is 5.10 Å². The number of nitrogens with zero attached hydrogens (tertiary/aromatic N) is 6. The zero-order valence-corrected chi connectivity index (χ0v) is 19.2. The number of ether oxygens (including phenoxy) is 1. The molecule has 0 atom stereocenters. The molecule has 0 spiro atoms. The van der Waals surface area contributed by atoms with Gasteiger partial charge in [-0.3, -0.25) is 15.0 Å². The molecule has 9 nitrogen and oxygen atoms in total. The monoisotopic (exact) mass is 456 g/mol. The van der Waals surface area contributed by atoms with Crippen LogP contribution in [0.2, 0.25) is 0 Å². The molecular formula is C25H28N8O. The molecule has 34 heavy (non-hydrogen) atoms. The molecule has 0 bridgehead atoms. The van der Waals surface area contributed by atoms with Crippen LogP contribution in [-0.4, -0.2) is 76.5 Å². The topological polar surface area (TPSA) is 95.1 Å². The molecule has 1 aliphatic heterocycles. The molecule has 4 aromatic rings. The van der Waals surface area contributed by atoms with Crippen molar-refractivity contribution in [3.05, 3.63) is 67.3 Å². The third-order valence-corrected chi connectivity index (χ3v) is 5.99. The molecule has 1 aliphatic rings. The molecule has 3 aromatic heterocycles. The Morgan fingerprint density at radius 1 is 1.00 bits per heavy atom. The predicted molar refractivity (Wildman–Crippen MR) is 133 cm³/mol. The van der Waals surface area contributed by atoms with Crippen LogP contribution in [0, 0.1) is 0 Å². The van der Waals surface area contributed by atoms with E-state index in [2.05, 4.69) is 59.5 Å². The van der Waals surface area contributed by atoms with Gasteiger partial charge in [-0.1, -0.05) is 0 Å². The highest BCUT2D eigenvalue weighted by atomic mass is 16.5. The number of aromatic amines is 1. The molecule has 0 radical (unpaired) electrons. The maximum atomic E-state index is 5.19. The molecular weight excluding hydrogens is 428 g/mol. The first-order chi connectivity index (χ1) is 16.8. The lowest BCUT2D eigenvalue weighted by Crippen LogP contribution is -2.47. The van der Waals surface area contributed by atoms with E-state index < -0.39 is 0 Å². The standard InChI is InChI=1S/C25H28N8O/c1-34-16-15-32-11-13-33(14-12-32)21-6-4-20(5-7-21)29-25-27-10-8-23(30-25)22-18-28-31-24(22)19-3-2-9-26-17-19/h2-10,17-18H,11-16H2,1H3,(H,28,31)(H,27,29,30). The maximum absolute atomic E-state index is 5.19. The quantitative estimate of drug-likeness (QED) is 0.416. The molecule has 174 valence electrons. The minimum Gasteiger partial charge on any atom is -0.383 e. The number of H-pyrrole nitrogens is 1. The fourth-order valence-electron chi connectivity index (χ4n) is 4.11. The third-order valence-electron chi connectivity index (χ3n) is 5.99. The van der Waals surface area contributed by atoms with Crippen LogP contribution < -0.4 is 10.2 Å². The summed E-state index contributed by atoms with van der Waals surface area (Å²) in [7, 11) is 1.75. The predicted octanol–water partition coefficient (Wildman–Crippen LogP) is 3.44. The number of aromatic nitrogens is 5. The van der Waals surface area contributed by atoms with Gasteiger partial charge in [0.05, 0.1) is 24.2 Å². The molecule has 0 saturated carbocycles. The van der Waals surface area contributed by atoms with E-state index in [4.69, 9.17) is 9.72 Å². The second-order valence-electron chi connectivity index (χ2n) is 8.16. The molecule has 1 aromatic carbocycles. The third kappa shape index (κ3) is 5.05. The minimum atomic E-state index is 0.537. The van der Waals surface area contributed by atoms with Gasteiger partial charge in [0.1, 0.15) is 0 Å². The highest BCUT2D eigenvalue weighted by molar-refractivity contribution is 5.78. The van der Waals surface area contributed by atoms with Gasteiger partial charge in [0.2, 0.25) is 5.95 Å². The number of methoxy groups -OCH3 is 1. The highest BCUT2D eigenvalue weighted by Gasteiger charge is 2.17. The maximum Gasteiger partial charge on any atom is 0.227 e. The molecule has 2 N–H and O–H groups in total. The Morgan fingerprint density at radius 3 is 2.62 bits per heavy atom. The summed E-state index contributed by atoms with van der Waals surface area (Å²) in [5, 5.41) is 10.6. The van der Waals surface area contributed by atoms with Crippen LogP contribution in [0.3, 0.4) is 0 Å². The summed E-state index contributed by atoms with van der Waals surface area (Å²) in [6.45, 7) is 5.93. The Hall–Kier alpha value is -3.82. The summed E-state index contributed by atoms with van der Waals surface area (Å²) >= 11 is 0. The number of rotatable bonds is 8. The Balaban J connectivity index is 1.25. The lowest BCUT2D eigenvalue weighted by molar-refractivity contribution is 0.144. The number of pyridine rings is 1. The summed E-state index contributed by atoms with van der Waals surface area (Å²) in [5.74, 6) is 0.537. The molecule has 9 heteroatoms. The molecule has 0 amide bonds. The average molecular weight is 457 g/mol. The average Bonchev–Trinajstić information content (AvgIpc) is 3.39. The first-order valence-electron chi connectivity index (χ1n) is 11.4. The second-order valence-corrected chi connectivity index (χ2v) is 8.16. The highest BCUT2D eigenvalue weighted by Crippen LogP contribution is 2.29. The van der Waals surface area contributed by atoms with Gasteiger partial charge in [-0.05, 0) is 42.5 Å². The number of hydrogen-bond donors (Lipinski definition) is 2. The van der Waals surface area contributed by atoms with Gasteiger partial charge in [-0.25, -0.2) is 9.97 Å². The fraction of sp³-hybridized carbons (Fsp3) is 0.280. The van der Waals surface area contributed by atoms with E-state index >= 15 is 0 Å². The Bertz CT molecular complexity index is 1190. The van der Waals surface area contributed by atoms with Crippen molar-refractivity contribution in [3.8, 4) is 22.5 Å². The zero-order valence-electron chi connectivity index (χ0n) is 19.2. The van der Waals surface area contributed by atoms with Gasteiger partial charge in [0.25, 0.3) is 0 Å². The van der Waals surface area contributed by atoms with Crippen LogP contribution in [0.1, 0.15) is 0 Å². The van der Waals surface area contributed by atoms with E-state index in [1.165, 1.54) is 5.69 Å². The first kappa shape index (κ1) is 22.0. The molecule has 4 heterocycles. The summed E-state index contributed by atoms with van der Waals surface area (Å²) in [5.41, 5.74) is 5.69. The molecule has 5 rings (SSSR count). The molecule has 0 aliphatic carbocycles. The van der Waals surface area contributed by atoms with E-state index in [1.54, 1.807) is 31.9 Å². The van der Waals surface area contributed by atoms with Gasteiger partial charge >= 0.3 is 0 Å². The Morgan fingerprint density at radius 2 is 1.85 bits per heavy atom. The van der Waals surface area contributed by atoms with Crippen molar-refractivity contribution in [2.24, 2.45) is 0 Å². The number of benzene rings is 1. The van der Waals surface area contributed by atoms with E-state index in [1.807, 2.05) is 18.2 Å². The zero-order chi connectivity index (χ0) is 23.2. The lowest BCUT2D eigenvalue weighted by Gasteiger charge is -2.36. The second kappa shape index (κ2) is 10.4. The molecule has 1 saturated heterocycles. The normalized spacial score (nSPS) is 14.3. The number of anilines is 3. The number of piperazine rings is 1. The van der Waals surface area contributed by atoms with Crippen LogP contribution in [0.4, 0.5) is 17.3 Å². The van der Waals surface area contributed by atoms with Gasteiger partial charge in [-0.15, -0.1) is 0 Å².